The number of hydrogen-bond donors (Lipinski definition) is 0. The first-order valence-corrected chi connectivity index (χ1v) is 11.9. The minimum atomic E-state index is -0.369. The van der Waals surface area contributed by atoms with Crippen molar-refractivity contribution in [3.05, 3.63) is 66.2 Å². The Balaban J connectivity index is 1.45. The molecule has 1 aliphatic heterocycles. The SMILES string of the molecule is CN(C)c1ccc(CN(C[C@H]2CCCO2)C(=O)CSc2nncn2-c2ccccc2F)cc1. The Labute approximate surface area is 197 Å². The normalized spacial score (nSPS) is 15.5. The van der Waals surface area contributed by atoms with Crippen molar-refractivity contribution in [3.8, 4) is 5.69 Å². The second-order valence-corrected chi connectivity index (χ2v) is 9.14. The van der Waals surface area contributed by atoms with Crippen molar-refractivity contribution < 1.29 is 13.9 Å². The first-order valence-electron chi connectivity index (χ1n) is 10.9. The Morgan fingerprint density at radius 1 is 1.21 bits per heavy atom. The van der Waals surface area contributed by atoms with Gasteiger partial charge in [-0.1, -0.05) is 36.0 Å². The molecule has 2 heterocycles. The molecule has 1 aliphatic rings. The maximum Gasteiger partial charge on any atom is 0.233 e. The van der Waals surface area contributed by atoms with Crippen molar-refractivity contribution in [2.24, 2.45) is 0 Å². The number of rotatable bonds is 9. The smallest absolute Gasteiger partial charge is 0.233 e. The molecule has 3 aromatic rings. The fourth-order valence-electron chi connectivity index (χ4n) is 3.76. The molecule has 0 aliphatic carbocycles. The van der Waals surface area contributed by atoms with Crippen LogP contribution in [0.3, 0.4) is 0 Å². The standard InChI is InChI=1S/C24H28FN5O2S/c1-28(2)19-11-9-18(10-12-19)14-29(15-20-6-5-13-32-20)23(31)16-33-24-27-26-17-30(24)22-8-4-3-7-21(22)25/h3-4,7-12,17,20H,5-6,13-16H2,1-2H3/t20-/m1/s1. The second-order valence-electron chi connectivity index (χ2n) is 8.19. The summed E-state index contributed by atoms with van der Waals surface area (Å²) in [7, 11) is 4.00. The van der Waals surface area contributed by atoms with Crippen LogP contribution in [0.25, 0.3) is 5.69 Å². The third-order valence-electron chi connectivity index (χ3n) is 5.58. The van der Waals surface area contributed by atoms with Crippen LogP contribution in [0.2, 0.25) is 0 Å². The molecule has 0 unspecified atom stereocenters. The zero-order chi connectivity index (χ0) is 23.2. The lowest BCUT2D eigenvalue weighted by Crippen LogP contribution is -2.38. The van der Waals surface area contributed by atoms with Crippen LogP contribution in [0.4, 0.5) is 10.1 Å². The number of anilines is 1. The molecule has 0 radical (unpaired) electrons. The van der Waals surface area contributed by atoms with Crippen molar-refractivity contribution in [1.29, 1.82) is 0 Å². The molecule has 1 fully saturated rings. The Hall–Kier alpha value is -2.91. The highest BCUT2D eigenvalue weighted by molar-refractivity contribution is 7.99. The van der Waals surface area contributed by atoms with Gasteiger partial charge in [-0.25, -0.2) is 4.39 Å². The Bertz CT molecular complexity index is 1070. The number of carbonyl (C=O) groups excluding carboxylic acids is 1. The van der Waals surface area contributed by atoms with Gasteiger partial charge in [0.1, 0.15) is 12.1 Å². The highest BCUT2D eigenvalue weighted by atomic mass is 32.2. The number of thioether (sulfide) groups is 1. The van der Waals surface area contributed by atoms with Gasteiger partial charge in [-0.05, 0) is 42.7 Å². The van der Waals surface area contributed by atoms with E-state index in [-0.39, 0.29) is 23.6 Å². The molecule has 1 amide bonds. The van der Waals surface area contributed by atoms with Crippen LogP contribution < -0.4 is 4.90 Å². The number of para-hydroxylation sites is 1. The molecule has 4 rings (SSSR count). The Morgan fingerprint density at radius 2 is 2.00 bits per heavy atom. The van der Waals surface area contributed by atoms with Crippen molar-refractivity contribution in [2.75, 3.05) is 37.9 Å². The molecule has 0 spiro atoms. The quantitative estimate of drug-likeness (QED) is 0.445. The molecule has 33 heavy (non-hydrogen) atoms. The molecule has 174 valence electrons. The number of carbonyl (C=O) groups is 1. The van der Waals surface area contributed by atoms with E-state index in [9.17, 15) is 9.18 Å². The monoisotopic (exact) mass is 469 g/mol. The predicted molar refractivity (Wildman–Crippen MR) is 127 cm³/mol. The van der Waals surface area contributed by atoms with Gasteiger partial charge in [0.25, 0.3) is 0 Å². The first-order chi connectivity index (χ1) is 16.0. The van der Waals surface area contributed by atoms with Crippen LogP contribution in [0.1, 0.15) is 18.4 Å². The van der Waals surface area contributed by atoms with E-state index in [4.69, 9.17) is 4.74 Å². The van der Waals surface area contributed by atoms with E-state index in [0.29, 0.717) is 23.9 Å². The molecular formula is C24H28FN5O2S. The van der Waals surface area contributed by atoms with Gasteiger partial charge in [0, 0.05) is 39.5 Å². The van der Waals surface area contributed by atoms with Gasteiger partial charge in [-0.3, -0.25) is 9.36 Å². The number of halogens is 1. The lowest BCUT2D eigenvalue weighted by Gasteiger charge is -2.26. The number of nitrogens with zero attached hydrogens (tertiary/aromatic N) is 5. The molecule has 1 aromatic heterocycles. The van der Waals surface area contributed by atoms with E-state index in [1.807, 2.05) is 36.0 Å². The summed E-state index contributed by atoms with van der Waals surface area (Å²) in [5.41, 5.74) is 2.53. The van der Waals surface area contributed by atoms with E-state index in [1.54, 1.807) is 22.8 Å². The molecular weight excluding hydrogens is 441 g/mol. The number of hydrogen-bond acceptors (Lipinski definition) is 6. The second kappa shape index (κ2) is 10.8. The summed E-state index contributed by atoms with van der Waals surface area (Å²) in [6.45, 7) is 1.80. The largest absolute Gasteiger partial charge is 0.378 e. The fourth-order valence-corrected chi connectivity index (χ4v) is 4.59. The lowest BCUT2D eigenvalue weighted by atomic mass is 10.1. The maximum atomic E-state index is 14.2. The highest BCUT2D eigenvalue weighted by Gasteiger charge is 2.23. The van der Waals surface area contributed by atoms with Gasteiger partial charge in [-0.2, -0.15) is 0 Å². The average Bonchev–Trinajstić information content (AvgIpc) is 3.50. The summed E-state index contributed by atoms with van der Waals surface area (Å²) < 4.78 is 21.6. The van der Waals surface area contributed by atoms with E-state index >= 15 is 0 Å². The molecule has 2 aromatic carbocycles. The molecule has 1 atom stereocenters. The van der Waals surface area contributed by atoms with Crippen LogP contribution in [0, 0.1) is 5.82 Å². The van der Waals surface area contributed by atoms with Gasteiger partial charge in [-0.15, -0.1) is 10.2 Å². The average molecular weight is 470 g/mol. The molecule has 1 saturated heterocycles. The van der Waals surface area contributed by atoms with Crippen LogP contribution in [0.5, 0.6) is 0 Å². The lowest BCUT2D eigenvalue weighted by molar-refractivity contribution is -0.130. The van der Waals surface area contributed by atoms with E-state index in [1.165, 1.54) is 24.2 Å². The third-order valence-corrected chi connectivity index (χ3v) is 6.51. The van der Waals surface area contributed by atoms with Gasteiger partial charge in [0.2, 0.25) is 5.91 Å². The molecule has 9 heteroatoms. The minimum absolute atomic E-state index is 0.0183. The minimum Gasteiger partial charge on any atom is -0.378 e. The van der Waals surface area contributed by atoms with Gasteiger partial charge in [0.05, 0.1) is 17.5 Å². The topological polar surface area (TPSA) is 63.5 Å². The summed E-state index contributed by atoms with van der Waals surface area (Å²) in [6, 6.07) is 14.6. The number of aromatic nitrogens is 3. The highest BCUT2D eigenvalue weighted by Crippen LogP contribution is 2.23. The summed E-state index contributed by atoms with van der Waals surface area (Å²) in [6.07, 6.45) is 3.49. The van der Waals surface area contributed by atoms with Crippen LogP contribution in [-0.2, 0) is 16.1 Å². The summed E-state index contributed by atoms with van der Waals surface area (Å²) in [5, 5.41) is 8.47. The van der Waals surface area contributed by atoms with Crippen LogP contribution >= 0.6 is 11.8 Å². The van der Waals surface area contributed by atoms with Crippen LogP contribution in [-0.4, -0.2) is 64.7 Å². The van der Waals surface area contributed by atoms with Crippen molar-refractivity contribution in [3.63, 3.8) is 0 Å². The predicted octanol–water partition coefficient (Wildman–Crippen LogP) is 3.77. The van der Waals surface area contributed by atoms with E-state index in [0.717, 1.165) is 30.7 Å². The summed E-state index contributed by atoms with van der Waals surface area (Å²) in [4.78, 5) is 17.1. The number of amides is 1. The maximum absolute atomic E-state index is 14.2. The summed E-state index contributed by atoms with van der Waals surface area (Å²) in [5.74, 6) is -0.211. The van der Waals surface area contributed by atoms with Gasteiger partial charge >= 0.3 is 0 Å². The zero-order valence-electron chi connectivity index (χ0n) is 18.9. The number of benzene rings is 2. The van der Waals surface area contributed by atoms with E-state index < -0.39 is 0 Å². The van der Waals surface area contributed by atoms with Crippen molar-refractivity contribution in [1.82, 2.24) is 19.7 Å². The van der Waals surface area contributed by atoms with Crippen LogP contribution in [0.15, 0.2) is 60.0 Å². The molecule has 0 saturated carbocycles. The fraction of sp³-hybridized carbons (Fsp3) is 0.375. The van der Waals surface area contributed by atoms with Crippen molar-refractivity contribution >= 4 is 23.4 Å². The third kappa shape index (κ3) is 5.91. The number of ether oxygens (including phenoxy) is 1. The summed E-state index contributed by atoms with van der Waals surface area (Å²) >= 11 is 1.25. The first kappa shape index (κ1) is 23.3. The van der Waals surface area contributed by atoms with E-state index in [2.05, 4.69) is 22.3 Å². The molecule has 0 bridgehead atoms. The Kier molecular flexibility index (Phi) is 7.61. The van der Waals surface area contributed by atoms with Gasteiger partial charge in [0.15, 0.2) is 5.16 Å². The molecule has 0 N–H and O–H groups in total. The molecule has 7 nitrogen and oxygen atoms in total. The van der Waals surface area contributed by atoms with Gasteiger partial charge < -0.3 is 14.5 Å². The Morgan fingerprint density at radius 3 is 2.70 bits per heavy atom. The van der Waals surface area contributed by atoms with Crippen molar-refractivity contribution in [2.45, 2.75) is 30.6 Å². The zero-order valence-corrected chi connectivity index (χ0v) is 19.7.